The first-order chi connectivity index (χ1) is 13.0. The minimum atomic E-state index is -3.28. The number of esters is 1. The summed E-state index contributed by atoms with van der Waals surface area (Å²) in [7, 11) is 1.45. The van der Waals surface area contributed by atoms with Gasteiger partial charge in [-0.3, -0.25) is 0 Å². The summed E-state index contributed by atoms with van der Waals surface area (Å²) in [5.41, 5.74) is 1.16. The van der Waals surface area contributed by atoms with Crippen LogP contribution >= 0.6 is 36.7 Å². The Morgan fingerprint density at radius 1 is 0.852 bits per heavy atom. The van der Waals surface area contributed by atoms with E-state index in [1.165, 1.54) is 7.11 Å². The summed E-state index contributed by atoms with van der Waals surface area (Å²) in [5.74, 6) is -0.235. The molecule has 0 radical (unpaired) electrons. The van der Waals surface area contributed by atoms with Crippen molar-refractivity contribution in [3.8, 4) is 0 Å². The molecule has 140 valence electrons. The molecule has 27 heavy (non-hydrogen) atoms. The number of carbonyl (C=O) groups is 1. The SMILES string of the molecule is COC(=O)CP(Br)(c1ccccc1)(c1ccccc1)c1ccccc1CBr. The number of rotatable bonds is 6. The molecule has 2 nitrogen and oxygen atoms in total. The molecule has 0 saturated carbocycles. The van der Waals surface area contributed by atoms with E-state index in [-0.39, 0.29) is 12.1 Å². The van der Waals surface area contributed by atoms with Crippen molar-refractivity contribution in [2.45, 2.75) is 5.33 Å². The number of hydrogen-bond donors (Lipinski definition) is 0. The third-order valence-corrected chi connectivity index (χ3v) is 14.9. The Morgan fingerprint density at radius 2 is 1.33 bits per heavy atom. The molecule has 0 atom stereocenters. The van der Waals surface area contributed by atoms with Crippen molar-refractivity contribution in [3.63, 3.8) is 0 Å². The Balaban J connectivity index is 2.49. The summed E-state index contributed by atoms with van der Waals surface area (Å²) >= 11 is 7.90. The second kappa shape index (κ2) is 8.26. The van der Waals surface area contributed by atoms with Gasteiger partial charge in [0.05, 0.1) is 0 Å². The Kier molecular flexibility index (Phi) is 6.20. The number of alkyl halides is 1. The van der Waals surface area contributed by atoms with Gasteiger partial charge in [0.1, 0.15) is 0 Å². The third-order valence-electron chi connectivity index (χ3n) is 4.88. The molecule has 0 N–H and O–H groups in total. The van der Waals surface area contributed by atoms with Gasteiger partial charge in [-0.1, -0.05) is 0 Å². The molecule has 0 amide bonds. The molecule has 0 fully saturated rings. The molecule has 0 spiro atoms. The van der Waals surface area contributed by atoms with Crippen LogP contribution in [0.5, 0.6) is 0 Å². The van der Waals surface area contributed by atoms with Crippen molar-refractivity contribution in [3.05, 3.63) is 90.5 Å². The van der Waals surface area contributed by atoms with E-state index >= 15 is 0 Å². The first-order valence-electron chi connectivity index (χ1n) is 8.60. The van der Waals surface area contributed by atoms with Gasteiger partial charge in [-0.25, -0.2) is 0 Å². The summed E-state index contributed by atoms with van der Waals surface area (Å²) in [6, 6.07) is 28.8. The fraction of sp³-hybridized carbons (Fsp3) is 0.136. The molecule has 0 unspecified atom stereocenters. The zero-order valence-corrected chi connectivity index (χ0v) is 19.1. The van der Waals surface area contributed by atoms with Crippen LogP contribution in [0, 0.1) is 0 Å². The standard InChI is InChI=1S/C22H21Br2O2P/c1-26-22(25)17-27(24,19-11-4-2-5-12-19,20-13-6-3-7-14-20)21-15-9-8-10-18(21)16-23/h2-15H,16-17H2,1H3. The van der Waals surface area contributed by atoms with E-state index in [1.54, 1.807) is 0 Å². The quantitative estimate of drug-likeness (QED) is 0.269. The topological polar surface area (TPSA) is 26.3 Å². The third kappa shape index (κ3) is 3.51. The fourth-order valence-electron chi connectivity index (χ4n) is 3.56. The normalized spacial score (nSPS) is 12.8. The molecule has 3 aromatic carbocycles. The predicted octanol–water partition coefficient (Wildman–Crippen LogP) is 4.89. The van der Waals surface area contributed by atoms with E-state index in [9.17, 15) is 4.79 Å². The molecule has 3 rings (SSSR count). The summed E-state index contributed by atoms with van der Waals surface area (Å²) in [6.07, 6.45) is 0.250. The van der Waals surface area contributed by atoms with Gasteiger partial charge in [0.15, 0.2) is 0 Å². The molecule has 0 saturated heterocycles. The van der Waals surface area contributed by atoms with Crippen LogP contribution in [0.2, 0.25) is 0 Å². The molecule has 5 heteroatoms. The van der Waals surface area contributed by atoms with Crippen molar-refractivity contribution < 1.29 is 9.53 Å². The van der Waals surface area contributed by atoms with Gasteiger partial charge in [-0.05, 0) is 0 Å². The molecule has 0 bridgehead atoms. The molecule has 0 heterocycles. The van der Waals surface area contributed by atoms with Crippen molar-refractivity contribution in [2.24, 2.45) is 0 Å². The molecule has 0 aliphatic carbocycles. The second-order valence-electron chi connectivity index (χ2n) is 6.35. The van der Waals surface area contributed by atoms with Crippen LogP contribution in [-0.4, -0.2) is 19.2 Å². The van der Waals surface area contributed by atoms with E-state index < -0.39 is 5.31 Å². The average molecular weight is 508 g/mol. The fourth-order valence-corrected chi connectivity index (χ4v) is 12.1. The Bertz CT molecular complexity index is 890. The number of halogens is 2. The summed E-state index contributed by atoms with van der Waals surface area (Å²) in [4.78, 5) is 12.7. The summed E-state index contributed by atoms with van der Waals surface area (Å²) < 4.78 is 5.16. The van der Waals surface area contributed by atoms with Crippen molar-refractivity contribution in [1.29, 1.82) is 0 Å². The zero-order valence-electron chi connectivity index (χ0n) is 15.0. The Hall–Kier alpha value is -1.48. The summed E-state index contributed by atoms with van der Waals surface area (Å²) in [6.45, 7) is 0. The predicted molar refractivity (Wildman–Crippen MR) is 124 cm³/mol. The Labute approximate surface area is 176 Å². The van der Waals surface area contributed by atoms with Crippen LogP contribution in [0.3, 0.4) is 0 Å². The van der Waals surface area contributed by atoms with Crippen molar-refractivity contribution in [1.82, 2.24) is 0 Å². The van der Waals surface area contributed by atoms with Gasteiger partial charge in [-0.15, -0.1) is 0 Å². The number of hydrogen-bond acceptors (Lipinski definition) is 2. The Morgan fingerprint density at radius 3 is 1.81 bits per heavy atom. The molecule has 0 aliphatic heterocycles. The second-order valence-corrected chi connectivity index (χ2v) is 15.8. The van der Waals surface area contributed by atoms with Gasteiger partial charge >= 0.3 is 177 Å². The van der Waals surface area contributed by atoms with Gasteiger partial charge < -0.3 is 0 Å². The first kappa shape index (κ1) is 20.3. The van der Waals surface area contributed by atoms with Gasteiger partial charge in [0.2, 0.25) is 0 Å². The number of carbonyl (C=O) groups excluding carboxylic acids is 1. The van der Waals surface area contributed by atoms with Gasteiger partial charge in [0, 0.05) is 0 Å². The van der Waals surface area contributed by atoms with Crippen LogP contribution in [0.15, 0.2) is 84.9 Å². The van der Waals surface area contributed by atoms with Crippen LogP contribution in [0.1, 0.15) is 5.56 Å². The first-order valence-corrected chi connectivity index (χ1v) is 14.2. The molecular formula is C22H21Br2O2P. The maximum absolute atomic E-state index is 12.7. The monoisotopic (exact) mass is 506 g/mol. The van der Waals surface area contributed by atoms with Crippen LogP contribution in [0.4, 0.5) is 0 Å². The zero-order chi connectivity index (χ0) is 19.4. The van der Waals surface area contributed by atoms with Crippen molar-refractivity contribution >= 4 is 58.6 Å². The summed E-state index contributed by atoms with van der Waals surface area (Å²) in [5, 5.41) is 0.773. The van der Waals surface area contributed by atoms with E-state index in [0.29, 0.717) is 5.33 Å². The van der Waals surface area contributed by atoms with E-state index in [4.69, 9.17) is 4.74 Å². The van der Waals surface area contributed by atoms with Crippen LogP contribution < -0.4 is 15.9 Å². The van der Waals surface area contributed by atoms with Crippen LogP contribution in [-0.2, 0) is 14.9 Å². The minimum absolute atomic E-state index is 0.235. The van der Waals surface area contributed by atoms with Crippen LogP contribution in [0.25, 0.3) is 0 Å². The number of ether oxygens (including phenoxy) is 1. The molecule has 0 aromatic heterocycles. The molecular weight excluding hydrogens is 487 g/mol. The molecule has 3 aromatic rings. The van der Waals surface area contributed by atoms with Crippen molar-refractivity contribution in [2.75, 3.05) is 13.3 Å². The maximum atomic E-state index is 12.7. The van der Waals surface area contributed by atoms with Gasteiger partial charge in [-0.2, -0.15) is 0 Å². The van der Waals surface area contributed by atoms with E-state index in [1.807, 2.05) is 48.5 Å². The average Bonchev–Trinajstić information content (AvgIpc) is 2.75. The van der Waals surface area contributed by atoms with E-state index in [2.05, 4.69) is 67.8 Å². The molecule has 0 aliphatic rings. The van der Waals surface area contributed by atoms with E-state index in [0.717, 1.165) is 21.5 Å². The number of methoxy groups -OCH3 is 1. The number of benzene rings is 3. The van der Waals surface area contributed by atoms with Gasteiger partial charge in [0.25, 0.3) is 0 Å².